The number of nitrogens with one attached hydrogen (secondary N) is 2. The summed E-state index contributed by atoms with van der Waals surface area (Å²) in [7, 11) is 0. The molecule has 0 fully saturated rings. The second-order valence-electron chi connectivity index (χ2n) is 6.00. The number of carbonyl (C=O) groups is 2. The SMILES string of the molecule is Cc1cccc(C)c1NC(=O)CCCSCC(=O)Nc1ccccc1Cl. The van der Waals surface area contributed by atoms with E-state index >= 15 is 0 Å². The van der Waals surface area contributed by atoms with E-state index in [1.54, 1.807) is 12.1 Å². The highest BCUT2D eigenvalue weighted by atomic mass is 35.5. The van der Waals surface area contributed by atoms with Crippen molar-refractivity contribution in [3.8, 4) is 0 Å². The molecule has 4 nitrogen and oxygen atoms in total. The summed E-state index contributed by atoms with van der Waals surface area (Å²) >= 11 is 7.52. The number of para-hydroxylation sites is 2. The van der Waals surface area contributed by atoms with Gasteiger partial charge in [-0.1, -0.05) is 41.9 Å². The second kappa shape index (κ2) is 10.2. The van der Waals surface area contributed by atoms with Crippen molar-refractivity contribution in [1.82, 2.24) is 0 Å². The molecule has 26 heavy (non-hydrogen) atoms. The molecule has 0 heterocycles. The summed E-state index contributed by atoms with van der Waals surface area (Å²) in [6.45, 7) is 3.96. The Kier molecular flexibility index (Phi) is 8.01. The van der Waals surface area contributed by atoms with Crippen LogP contribution in [0.4, 0.5) is 11.4 Å². The fourth-order valence-corrected chi connectivity index (χ4v) is 3.40. The fraction of sp³-hybridized carbons (Fsp3) is 0.300. The summed E-state index contributed by atoms with van der Waals surface area (Å²) in [6, 6.07) is 13.1. The molecule has 0 aliphatic heterocycles. The predicted molar refractivity (Wildman–Crippen MR) is 111 cm³/mol. The Morgan fingerprint density at radius 3 is 2.35 bits per heavy atom. The predicted octanol–water partition coefficient (Wildman–Crippen LogP) is 5.05. The molecular weight excluding hydrogens is 368 g/mol. The van der Waals surface area contributed by atoms with Crippen molar-refractivity contribution in [2.24, 2.45) is 0 Å². The molecule has 0 spiro atoms. The van der Waals surface area contributed by atoms with Gasteiger partial charge in [0.2, 0.25) is 11.8 Å². The van der Waals surface area contributed by atoms with Crippen molar-refractivity contribution in [2.45, 2.75) is 26.7 Å². The molecule has 0 saturated heterocycles. The van der Waals surface area contributed by atoms with Gasteiger partial charge in [-0.25, -0.2) is 0 Å². The number of carbonyl (C=O) groups excluding carboxylic acids is 2. The van der Waals surface area contributed by atoms with E-state index in [9.17, 15) is 9.59 Å². The van der Waals surface area contributed by atoms with E-state index in [2.05, 4.69) is 10.6 Å². The zero-order valence-electron chi connectivity index (χ0n) is 15.0. The number of hydrogen-bond acceptors (Lipinski definition) is 3. The lowest BCUT2D eigenvalue weighted by Crippen LogP contribution is -2.15. The Hall–Kier alpha value is -1.98. The Morgan fingerprint density at radius 2 is 1.65 bits per heavy atom. The topological polar surface area (TPSA) is 58.2 Å². The highest BCUT2D eigenvalue weighted by molar-refractivity contribution is 7.99. The highest BCUT2D eigenvalue weighted by Crippen LogP contribution is 2.21. The van der Waals surface area contributed by atoms with Crippen LogP contribution in [0.25, 0.3) is 0 Å². The molecule has 6 heteroatoms. The van der Waals surface area contributed by atoms with Crippen molar-refractivity contribution in [1.29, 1.82) is 0 Å². The molecule has 0 radical (unpaired) electrons. The minimum absolute atomic E-state index is 0.00326. The van der Waals surface area contributed by atoms with Crippen LogP contribution in [0.1, 0.15) is 24.0 Å². The van der Waals surface area contributed by atoms with Gasteiger partial charge < -0.3 is 10.6 Å². The van der Waals surface area contributed by atoms with Crippen LogP contribution in [0.3, 0.4) is 0 Å². The third-order valence-corrected chi connectivity index (χ3v) is 5.19. The van der Waals surface area contributed by atoms with E-state index in [0.717, 1.165) is 29.0 Å². The van der Waals surface area contributed by atoms with Gasteiger partial charge in [-0.15, -0.1) is 0 Å². The van der Waals surface area contributed by atoms with E-state index in [-0.39, 0.29) is 11.8 Å². The number of aryl methyl sites for hydroxylation is 2. The van der Waals surface area contributed by atoms with Crippen LogP contribution in [-0.2, 0) is 9.59 Å². The minimum atomic E-state index is -0.0944. The normalized spacial score (nSPS) is 10.4. The van der Waals surface area contributed by atoms with Crippen LogP contribution >= 0.6 is 23.4 Å². The molecule has 2 aromatic carbocycles. The first-order valence-electron chi connectivity index (χ1n) is 8.45. The lowest BCUT2D eigenvalue weighted by molar-refractivity contribution is -0.116. The third-order valence-electron chi connectivity index (χ3n) is 3.82. The number of thioether (sulfide) groups is 1. The number of benzene rings is 2. The fourth-order valence-electron chi connectivity index (χ4n) is 2.46. The Balaban J connectivity index is 1.65. The van der Waals surface area contributed by atoms with E-state index in [0.29, 0.717) is 22.9 Å². The smallest absolute Gasteiger partial charge is 0.234 e. The van der Waals surface area contributed by atoms with Crippen molar-refractivity contribution < 1.29 is 9.59 Å². The number of anilines is 2. The molecule has 0 bridgehead atoms. The molecule has 0 aliphatic carbocycles. The van der Waals surface area contributed by atoms with Gasteiger partial charge in [0.15, 0.2) is 0 Å². The maximum Gasteiger partial charge on any atom is 0.234 e. The van der Waals surface area contributed by atoms with Crippen molar-refractivity contribution >= 4 is 46.6 Å². The Labute approximate surface area is 163 Å². The molecule has 0 atom stereocenters. The third kappa shape index (κ3) is 6.39. The monoisotopic (exact) mass is 390 g/mol. The largest absolute Gasteiger partial charge is 0.326 e. The molecule has 2 amide bonds. The van der Waals surface area contributed by atoms with Gasteiger partial charge in [0, 0.05) is 12.1 Å². The van der Waals surface area contributed by atoms with E-state index in [1.165, 1.54) is 11.8 Å². The molecule has 2 N–H and O–H groups in total. The van der Waals surface area contributed by atoms with Crippen LogP contribution in [-0.4, -0.2) is 23.3 Å². The van der Waals surface area contributed by atoms with E-state index in [4.69, 9.17) is 11.6 Å². The minimum Gasteiger partial charge on any atom is -0.326 e. The first-order chi connectivity index (χ1) is 12.5. The van der Waals surface area contributed by atoms with Crippen molar-refractivity contribution in [2.75, 3.05) is 22.1 Å². The zero-order valence-corrected chi connectivity index (χ0v) is 16.5. The summed E-state index contributed by atoms with van der Waals surface area (Å²) in [5.74, 6) is 0.992. The van der Waals surface area contributed by atoms with Gasteiger partial charge in [0.05, 0.1) is 16.5 Å². The van der Waals surface area contributed by atoms with Crippen molar-refractivity contribution in [3.05, 3.63) is 58.6 Å². The van der Waals surface area contributed by atoms with E-state index in [1.807, 2.05) is 44.2 Å². The van der Waals surface area contributed by atoms with Crippen LogP contribution in [0.15, 0.2) is 42.5 Å². The first kappa shape index (κ1) is 20.3. The zero-order chi connectivity index (χ0) is 18.9. The van der Waals surface area contributed by atoms with Gasteiger partial charge in [0.1, 0.15) is 0 Å². The number of hydrogen-bond donors (Lipinski definition) is 2. The second-order valence-corrected chi connectivity index (χ2v) is 7.51. The Morgan fingerprint density at radius 1 is 0.962 bits per heavy atom. The average molecular weight is 391 g/mol. The van der Waals surface area contributed by atoms with E-state index < -0.39 is 0 Å². The lowest BCUT2D eigenvalue weighted by Gasteiger charge is -2.11. The lowest BCUT2D eigenvalue weighted by atomic mass is 10.1. The molecule has 0 unspecified atom stereocenters. The quantitative estimate of drug-likeness (QED) is 0.620. The van der Waals surface area contributed by atoms with Crippen LogP contribution in [0.2, 0.25) is 5.02 Å². The molecule has 0 aromatic heterocycles. The Bertz CT molecular complexity index is 760. The summed E-state index contributed by atoms with van der Waals surface area (Å²) in [5.41, 5.74) is 3.63. The van der Waals surface area contributed by atoms with Gasteiger partial charge in [-0.3, -0.25) is 9.59 Å². The van der Waals surface area contributed by atoms with Crippen LogP contribution in [0.5, 0.6) is 0 Å². The van der Waals surface area contributed by atoms with Crippen LogP contribution < -0.4 is 10.6 Å². The first-order valence-corrected chi connectivity index (χ1v) is 9.99. The molecule has 2 rings (SSSR count). The summed E-state index contributed by atoms with van der Waals surface area (Å²) < 4.78 is 0. The molecule has 138 valence electrons. The van der Waals surface area contributed by atoms with Crippen LogP contribution in [0, 0.1) is 13.8 Å². The number of halogens is 1. The molecule has 2 aromatic rings. The van der Waals surface area contributed by atoms with Gasteiger partial charge in [-0.05, 0) is 49.3 Å². The summed E-state index contributed by atoms with van der Waals surface area (Å²) in [6.07, 6.45) is 1.16. The van der Waals surface area contributed by atoms with Crippen molar-refractivity contribution in [3.63, 3.8) is 0 Å². The molecule has 0 aliphatic rings. The summed E-state index contributed by atoms with van der Waals surface area (Å²) in [5, 5.41) is 6.28. The number of rotatable bonds is 8. The maximum absolute atomic E-state index is 12.1. The van der Waals surface area contributed by atoms with Gasteiger partial charge in [0.25, 0.3) is 0 Å². The molecule has 0 saturated carbocycles. The standard InChI is InChI=1S/C20H23ClN2O2S/c1-14-7-5-8-15(2)20(14)23-18(24)11-6-12-26-13-19(25)22-17-10-4-3-9-16(17)21/h3-5,7-10H,6,11-13H2,1-2H3,(H,22,25)(H,23,24). The maximum atomic E-state index is 12.1. The highest BCUT2D eigenvalue weighted by Gasteiger charge is 2.08. The molecular formula is C20H23ClN2O2S. The average Bonchev–Trinajstić information content (AvgIpc) is 2.60. The van der Waals surface area contributed by atoms with Gasteiger partial charge >= 0.3 is 0 Å². The summed E-state index contributed by atoms with van der Waals surface area (Å²) in [4.78, 5) is 24.0. The van der Waals surface area contributed by atoms with Gasteiger partial charge in [-0.2, -0.15) is 11.8 Å². The number of amides is 2.